The quantitative estimate of drug-likeness (QED) is 0.667. The van der Waals surface area contributed by atoms with Crippen LogP contribution in [0.3, 0.4) is 0 Å². The molecule has 1 amide bonds. The molecule has 0 spiro atoms. The summed E-state index contributed by atoms with van der Waals surface area (Å²) in [5.74, 6) is -0.0187. The SMILES string of the molecule is CC[C@H](C)N(C)C(=O)c1nc(-c2ccccc2)c2ccccc2c1C. The van der Waals surface area contributed by atoms with Crippen LogP contribution in [-0.4, -0.2) is 28.9 Å². The number of aryl methyl sites for hydroxylation is 1. The first-order chi connectivity index (χ1) is 12.0. The van der Waals surface area contributed by atoms with Gasteiger partial charge < -0.3 is 4.90 Å². The van der Waals surface area contributed by atoms with Gasteiger partial charge in [-0.15, -0.1) is 0 Å². The summed E-state index contributed by atoms with van der Waals surface area (Å²) < 4.78 is 0. The molecule has 3 rings (SSSR count). The predicted octanol–water partition coefficient (Wildman–Crippen LogP) is 5.08. The molecule has 3 aromatic rings. The van der Waals surface area contributed by atoms with E-state index >= 15 is 0 Å². The molecular weight excluding hydrogens is 308 g/mol. The van der Waals surface area contributed by atoms with Crippen molar-refractivity contribution in [3.63, 3.8) is 0 Å². The third-order valence-electron chi connectivity index (χ3n) is 4.99. The van der Waals surface area contributed by atoms with E-state index in [1.54, 1.807) is 4.90 Å². The van der Waals surface area contributed by atoms with Crippen molar-refractivity contribution < 1.29 is 4.79 Å². The van der Waals surface area contributed by atoms with Gasteiger partial charge >= 0.3 is 0 Å². The molecule has 0 radical (unpaired) electrons. The zero-order valence-corrected chi connectivity index (χ0v) is 15.3. The van der Waals surface area contributed by atoms with Crippen LogP contribution in [0.5, 0.6) is 0 Å². The van der Waals surface area contributed by atoms with Crippen LogP contribution in [0, 0.1) is 6.92 Å². The first kappa shape index (κ1) is 17.2. The topological polar surface area (TPSA) is 33.2 Å². The molecule has 0 unspecified atom stereocenters. The minimum absolute atomic E-state index is 0.0187. The van der Waals surface area contributed by atoms with E-state index in [1.807, 2.05) is 56.4 Å². The van der Waals surface area contributed by atoms with Crippen molar-refractivity contribution in [2.24, 2.45) is 0 Å². The van der Waals surface area contributed by atoms with Crippen molar-refractivity contribution in [2.75, 3.05) is 7.05 Å². The first-order valence-corrected chi connectivity index (χ1v) is 8.76. The Labute approximate surface area is 149 Å². The van der Waals surface area contributed by atoms with E-state index in [-0.39, 0.29) is 11.9 Å². The van der Waals surface area contributed by atoms with Gasteiger partial charge in [-0.25, -0.2) is 4.98 Å². The second kappa shape index (κ2) is 7.06. The van der Waals surface area contributed by atoms with Gasteiger partial charge in [-0.3, -0.25) is 4.79 Å². The Morgan fingerprint density at radius 3 is 2.28 bits per heavy atom. The molecular formula is C22H24N2O. The van der Waals surface area contributed by atoms with Gasteiger partial charge in [-0.1, -0.05) is 61.5 Å². The summed E-state index contributed by atoms with van der Waals surface area (Å²) in [6, 6.07) is 18.4. The molecule has 1 heterocycles. The standard InChI is InChI=1S/C22H24N2O/c1-5-15(2)24(4)22(25)20-16(3)18-13-9-10-14-19(18)21(23-20)17-11-7-6-8-12-17/h6-15H,5H2,1-4H3/t15-/m0/s1. The summed E-state index contributed by atoms with van der Waals surface area (Å²) in [5.41, 5.74) is 3.37. The highest BCUT2D eigenvalue weighted by Gasteiger charge is 2.22. The van der Waals surface area contributed by atoms with Crippen molar-refractivity contribution in [3.05, 3.63) is 65.9 Å². The number of fused-ring (bicyclic) bond motifs is 1. The summed E-state index contributed by atoms with van der Waals surface area (Å²) in [7, 11) is 1.86. The summed E-state index contributed by atoms with van der Waals surface area (Å²) >= 11 is 0. The highest BCUT2D eigenvalue weighted by molar-refractivity contribution is 6.04. The van der Waals surface area contributed by atoms with Crippen LogP contribution in [0.2, 0.25) is 0 Å². The van der Waals surface area contributed by atoms with Crippen LogP contribution in [-0.2, 0) is 0 Å². The molecule has 0 saturated carbocycles. The molecule has 0 aliphatic carbocycles. The van der Waals surface area contributed by atoms with Crippen molar-refractivity contribution >= 4 is 16.7 Å². The molecule has 0 bridgehead atoms. The Morgan fingerprint density at radius 1 is 1.04 bits per heavy atom. The lowest BCUT2D eigenvalue weighted by Gasteiger charge is -2.25. The third-order valence-corrected chi connectivity index (χ3v) is 4.99. The zero-order chi connectivity index (χ0) is 18.0. The number of aromatic nitrogens is 1. The van der Waals surface area contributed by atoms with Gasteiger partial charge in [0.15, 0.2) is 0 Å². The Kier molecular flexibility index (Phi) is 4.84. The summed E-state index contributed by atoms with van der Waals surface area (Å²) in [4.78, 5) is 19.7. The van der Waals surface area contributed by atoms with Gasteiger partial charge in [-0.2, -0.15) is 0 Å². The van der Waals surface area contributed by atoms with E-state index in [2.05, 4.69) is 26.0 Å². The molecule has 0 saturated heterocycles. The van der Waals surface area contributed by atoms with Crippen LogP contribution in [0.1, 0.15) is 36.3 Å². The van der Waals surface area contributed by atoms with Gasteiger partial charge in [0.1, 0.15) is 5.69 Å². The smallest absolute Gasteiger partial charge is 0.272 e. The molecule has 25 heavy (non-hydrogen) atoms. The van der Waals surface area contributed by atoms with Gasteiger partial charge in [0.05, 0.1) is 5.69 Å². The van der Waals surface area contributed by atoms with Crippen LogP contribution in [0.25, 0.3) is 22.0 Å². The van der Waals surface area contributed by atoms with Crippen molar-refractivity contribution in [1.82, 2.24) is 9.88 Å². The second-order valence-electron chi connectivity index (χ2n) is 6.52. The van der Waals surface area contributed by atoms with E-state index in [1.165, 1.54) is 0 Å². The number of nitrogens with zero attached hydrogens (tertiary/aromatic N) is 2. The molecule has 3 nitrogen and oxygen atoms in total. The maximum atomic E-state index is 13.1. The maximum Gasteiger partial charge on any atom is 0.272 e. The van der Waals surface area contributed by atoms with Crippen LogP contribution < -0.4 is 0 Å². The predicted molar refractivity (Wildman–Crippen MR) is 104 cm³/mol. The van der Waals surface area contributed by atoms with Crippen LogP contribution in [0.4, 0.5) is 0 Å². The summed E-state index contributed by atoms with van der Waals surface area (Å²) in [6.45, 7) is 6.14. The Hall–Kier alpha value is -2.68. The number of benzene rings is 2. The molecule has 1 atom stereocenters. The Morgan fingerprint density at radius 2 is 1.64 bits per heavy atom. The number of carbonyl (C=O) groups is 1. The van der Waals surface area contributed by atoms with Crippen molar-refractivity contribution in [1.29, 1.82) is 0 Å². The largest absolute Gasteiger partial charge is 0.338 e. The normalized spacial score (nSPS) is 12.2. The average molecular weight is 332 g/mol. The molecule has 1 aromatic heterocycles. The fourth-order valence-electron chi connectivity index (χ4n) is 3.07. The monoisotopic (exact) mass is 332 g/mol. The highest BCUT2D eigenvalue weighted by Crippen LogP contribution is 2.31. The molecule has 3 heteroatoms. The molecule has 0 N–H and O–H groups in total. The van der Waals surface area contributed by atoms with E-state index in [0.717, 1.165) is 34.0 Å². The number of hydrogen-bond acceptors (Lipinski definition) is 2. The number of amides is 1. The van der Waals surface area contributed by atoms with Crippen molar-refractivity contribution in [3.8, 4) is 11.3 Å². The number of rotatable bonds is 4. The number of pyridine rings is 1. The molecule has 2 aromatic carbocycles. The van der Waals surface area contributed by atoms with E-state index in [9.17, 15) is 4.79 Å². The summed E-state index contributed by atoms with van der Waals surface area (Å²) in [6.07, 6.45) is 0.917. The van der Waals surface area contributed by atoms with Gasteiger partial charge in [-0.05, 0) is 31.2 Å². The van der Waals surface area contributed by atoms with E-state index in [0.29, 0.717) is 5.69 Å². The molecule has 0 fully saturated rings. The number of hydrogen-bond donors (Lipinski definition) is 0. The van der Waals surface area contributed by atoms with Gasteiger partial charge in [0, 0.05) is 24.0 Å². The van der Waals surface area contributed by atoms with E-state index in [4.69, 9.17) is 4.98 Å². The minimum atomic E-state index is -0.0187. The molecule has 0 aliphatic rings. The van der Waals surface area contributed by atoms with Crippen molar-refractivity contribution in [2.45, 2.75) is 33.2 Å². The minimum Gasteiger partial charge on any atom is -0.338 e. The van der Waals surface area contributed by atoms with Gasteiger partial charge in [0.2, 0.25) is 0 Å². The van der Waals surface area contributed by atoms with Gasteiger partial charge in [0.25, 0.3) is 5.91 Å². The zero-order valence-electron chi connectivity index (χ0n) is 15.3. The second-order valence-corrected chi connectivity index (χ2v) is 6.52. The fraction of sp³-hybridized carbons (Fsp3) is 0.273. The lowest BCUT2D eigenvalue weighted by Crippen LogP contribution is -2.35. The average Bonchev–Trinajstić information content (AvgIpc) is 2.67. The Bertz CT molecular complexity index is 903. The highest BCUT2D eigenvalue weighted by atomic mass is 16.2. The molecule has 0 aliphatic heterocycles. The third kappa shape index (κ3) is 3.14. The lowest BCUT2D eigenvalue weighted by atomic mass is 9.98. The summed E-state index contributed by atoms with van der Waals surface area (Å²) in [5, 5.41) is 2.16. The van der Waals surface area contributed by atoms with E-state index < -0.39 is 0 Å². The van der Waals surface area contributed by atoms with Crippen LogP contribution >= 0.6 is 0 Å². The van der Waals surface area contributed by atoms with Crippen LogP contribution in [0.15, 0.2) is 54.6 Å². The maximum absolute atomic E-state index is 13.1. The first-order valence-electron chi connectivity index (χ1n) is 8.76. The Balaban J connectivity index is 2.24. The number of carbonyl (C=O) groups excluding carboxylic acids is 1. The lowest BCUT2D eigenvalue weighted by molar-refractivity contribution is 0.0734. The fourth-order valence-corrected chi connectivity index (χ4v) is 3.07. The molecule has 128 valence electrons.